The van der Waals surface area contributed by atoms with Crippen molar-refractivity contribution in [3.63, 3.8) is 0 Å². The van der Waals surface area contributed by atoms with Crippen molar-refractivity contribution in [3.8, 4) is 0 Å². The van der Waals surface area contributed by atoms with Crippen LogP contribution in [0.1, 0.15) is 32.1 Å². The summed E-state index contributed by atoms with van der Waals surface area (Å²) in [5.74, 6) is -0.668. The fourth-order valence-corrected chi connectivity index (χ4v) is 5.90. The number of hydrogen-bond donors (Lipinski definition) is 5. The van der Waals surface area contributed by atoms with Gasteiger partial charge in [-0.05, 0) is 13.8 Å². The minimum Gasteiger partial charge on any atom is -0.756 e. The molecule has 2 aliphatic rings. The van der Waals surface area contributed by atoms with Crippen molar-refractivity contribution in [2.24, 2.45) is 0 Å². The van der Waals surface area contributed by atoms with Crippen LogP contribution in [0.4, 0.5) is 0 Å². The van der Waals surface area contributed by atoms with Crippen LogP contribution in [0, 0.1) is 6.92 Å². The number of carbonyl (C=O) groups is 1. The number of aromatic nitrogens is 2. The average Bonchev–Trinajstić information content (AvgIpc) is 3.15. The summed E-state index contributed by atoms with van der Waals surface area (Å²) >= 11 is 0. The number of amides is 1. The van der Waals surface area contributed by atoms with E-state index >= 15 is 0 Å². The van der Waals surface area contributed by atoms with Crippen LogP contribution in [0.25, 0.3) is 0 Å². The predicted octanol–water partition coefficient (Wildman–Crippen LogP) is -3.55. The smallest absolute Gasteiger partial charge is 0.330 e. The molecule has 10 atom stereocenters. The molecule has 3 heterocycles. The van der Waals surface area contributed by atoms with Gasteiger partial charge >= 0.3 is 5.69 Å². The third kappa shape index (κ3) is 7.44. The Balaban J connectivity index is 1.60. The zero-order valence-electron chi connectivity index (χ0n) is 20.2. The van der Waals surface area contributed by atoms with Crippen molar-refractivity contribution in [3.05, 3.63) is 32.6 Å². The quantitative estimate of drug-likeness (QED) is 0.175. The second-order valence-corrected chi connectivity index (χ2v) is 11.6. The molecule has 0 saturated carbocycles. The van der Waals surface area contributed by atoms with Crippen molar-refractivity contribution >= 4 is 21.6 Å². The first-order valence-corrected chi connectivity index (χ1v) is 14.0. The SMILES string of the molecule is CC(=O)N[C@@H]1[C@@H](O)[C@@H](OP(=O)([O-])OP(=O)([O-])OC[C@H]2O[C@@H](n3cc(C)c(=O)[nH]c3=O)C[C@@H]2O)O[C@H](C)[C@H]1O. The molecule has 1 aromatic rings. The van der Waals surface area contributed by atoms with Crippen LogP contribution in [-0.2, 0) is 36.8 Å². The van der Waals surface area contributed by atoms with E-state index in [0.717, 1.165) is 11.5 Å². The number of rotatable bonds is 9. The number of H-pyrrole nitrogens is 1. The van der Waals surface area contributed by atoms with Gasteiger partial charge < -0.3 is 44.4 Å². The van der Waals surface area contributed by atoms with E-state index in [2.05, 4.69) is 23.7 Å². The number of aromatic amines is 1. The third-order valence-electron chi connectivity index (χ3n) is 5.70. The molecule has 0 aliphatic carbocycles. The van der Waals surface area contributed by atoms with Crippen LogP contribution in [0.2, 0.25) is 0 Å². The molecule has 18 nitrogen and oxygen atoms in total. The number of carbonyl (C=O) groups excluding carboxylic acids is 1. The molecule has 38 heavy (non-hydrogen) atoms. The summed E-state index contributed by atoms with van der Waals surface area (Å²) in [5.41, 5.74) is -1.29. The molecule has 0 bridgehead atoms. The minimum absolute atomic E-state index is 0.172. The van der Waals surface area contributed by atoms with Crippen molar-refractivity contribution in [2.75, 3.05) is 6.61 Å². The first kappa shape index (κ1) is 30.7. The van der Waals surface area contributed by atoms with Gasteiger partial charge in [-0.3, -0.25) is 32.8 Å². The van der Waals surface area contributed by atoms with Crippen LogP contribution in [-0.4, -0.2) is 80.2 Å². The van der Waals surface area contributed by atoms with Gasteiger partial charge in [-0.15, -0.1) is 0 Å². The Kier molecular flexibility index (Phi) is 9.51. The highest BCUT2D eigenvalue weighted by molar-refractivity contribution is 7.59. The van der Waals surface area contributed by atoms with E-state index < -0.39 is 88.5 Å². The summed E-state index contributed by atoms with van der Waals surface area (Å²) in [5, 5.41) is 32.7. The fraction of sp³-hybridized carbons (Fsp3) is 0.722. The Morgan fingerprint density at radius 3 is 2.50 bits per heavy atom. The van der Waals surface area contributed by atoms with Gasteiger partial charge in [0.2, 0.25) is 5.91 Å². The van der Waals surface area contributed by atoms with Crippen molar-refractivity contribution < 1.29 is 61.9 Å². The lowest BCUT2D eigenvalue weighted by Crippen LogP contribution is -2.63. The maximum Gasteiger partial charge on any atom is 0.330 e. The normalized spacial score (nSPS) is 34.8. The molecule has 1 aromatic heterocycles. The molecule has 3 rings (SSSR count). The summed E-state index contributed by atoms with van der Waals surface area (Å²) in [6.45, 7) is 2.86. The van der Waals surface area contributed by atoms with Crippen LogP contribution in [0.15, 0.2) is 15.8 Å². The van der Waals surface area contributed by atoms with Crippen LogP contribution in [0.5, 0.6) is 0 Å². The van der Waals surface area contributed by atoms with Gasteiger partial charge in [0.1, 0.15) is 24.5 Å². The van der Waals surface area contributed by atoms with Crippen LogP contribution < -0.4 is 26.4 Å². The Morgan fingerprint density at radius 2 is 1.87 bits per heavy atom. The number of ether oxygens (including phenoxy) is 2. The zero-order chi connectivity index (χ0) is 28.6. The number of aliphatic hydroxyl groups is 3. The number of phosphoric ester groups is 2. The first-order chi connectivity index (χ1) is 17.5. The number of phosphoric acid groups is 2. The minimum atomic E-state index is -5.79. The van der Waals surface area contributed by atoms with Gasteiger partial charge in [0.05, 0.1) is 24.9 Å². The topological polar surface area (TPSA) is 271 Å². The largest absolute Gasteiger partial charge is 0.756 e. The van der Waals surface area contributed by atoms with E-state index in [4.69, 9.17) is 9.47 Å². The van der Waals surface area contributed by atoms with Gasteiger partial charge in [0.15, 0.2) is 6.29 Å². The highest BCUT2D eigenvalue weighted by atomic mass is 31.3. The lowest BCUT2D eigenvalue weighted by Gasteiger charge is -2.43. The molecule has 0 radical (unpaired) electrons. The lowest BCUT2D eigenvalue weighted by molar-refractivity contribution is -0.285. The molecule has 1 amide bonds. The fourth-order valence-electron chi connectivity index (χ4n) is 3.82. The van der Waals surface area contributed by atoms with Gasteiger partial charge in [0, 0.05) is 25.1 Å². The van der Waals surface area contributed by atoms with E-state index in [1.54, 1.807) is 0 Å². The molecule has 0 spiro atoms. The van der Waals surface area contributed by atoms with Gasteiger partial charge in [-0.2, -0.15) is 0 Å². The summed E-state index contributed by atoms with van der Waals surface area (Å²) in [6, 6.07) is -1.41. The molecule has 2 saturated heterocycles. The van der Waals surface area contributed by atoms with E-state index in [1.807, 2.05) is 0 Å². The van der Waals surface area contributed by atoms with Crippen molar-refractivity contribution in [1.29, 1.82) is 0 Å². The van der Waals surface area contributed by atoms with Crippen molar-refractivity contribution in [1.82, 2.24) is 14.9 Å². The van der Waals surface area contributed by atoms with Crippen LogP contribution in [0.3, 0.4) is 0 Å². The third-order valence-corrected chi connectivity index (χ3v) is 8.24. The standard InChI is InChI=1S/C18H29N3O15P2/c1-7-5-21(18(27)20-16(7)26)12-4-10(23)11(34-12)6-32-37(28,29)36-38(30,31)35-17-15(25)13(19-9(3)22)14(24)8(2)33-17/h5,8,10-15,17,23-25H,4,6H2,1-3H3,(H,19,22)(H,28,29)(H,30,31)(H,20,26,27)/p-2/t8-,10+,11-,12-,13+,14-,15-,17-/m1/s1. The number of aryl methyl sites for hydroxylation is 1. The lowest BCUT2D eigenvalue weighted by atomic mass is 9.97. The summed E-state index contributed by atoms with van der Waals surface area (Å²) in [7, 11) is -11.5. The molecular formula is C18H27N3O15P2-2. The number of nitrogens with zero attached hydrogens (tertiary/aromatic N) is 1. The second kappa shape index (κ2) is 11.8. The Labute approximate surface area is 214 Å². The predicted molar refractivity (Wildman–Crippen MR) is 118 cm³/mol. The van der Waals surface area contributed by atoms with E-state index in [9.17, 15) is 48.6 Å². The summed E-state index contributed by atoms with van der Waals surface area (Å²) in [6.07, 6.45) is -9.40. The maximum atomic E-state index is 12.2. The summed E-state index contributed by atoms with van der Waals surface area (Å²) in [4.78, 5) is 61.3. The van der Waals surface area contributed by atoms with Crippen molar-refractivity contribution in [2.45, 2.75) is 76.3 Å². The first-order valence-electron chi connectivity index (χ1n) is 11.1. The Hall–Kier alpha value is -1.79. The van der Waals surface area contributed by atoms with Gasteiger partial charge in [-0.1, -0.05) is 0 Å². The number of aliphatic hydroxyl groups excluding tert-OH is 3. The summed E-state index contributed by atoms with van der Waals surface area (Å²) < 4.78 is 48.8. The van der Waals surface area contributed by atoms with E-state index in [1.165, 1.54) is 20.0 Å². The van der Waals surface area contributed by atoms with E-state index in [0.29, 0.717) is 0 Å². The molecule has 0 aromatic carbocycles. The Morgan fingerprint density at radius 1 is 1.21 bits per heavy atom. The second-order valence-electron chi connectivity index (χ2n) is 8.71. The maximum absolute atomic E-state index is 12.2. The molecule has 20 heteroatoms. The molecular weight excluding hydrogens is 560 g/mol. The van der Waals surface area contributed by atoms with E-state index in [-0.39, 0.29) is 12.0 Å². The molecule has 2 unspecified atom stereocenters. The van der Waals surface area contributed by atoms with Gasteiger partial charge in [-0.25, -0.2) is 9.11 Å². The number of nitrogens with one attached hydrogen (secondary N) is 2. The molecule has 2 aliphatic heterocycles. The molecule has 2 fully saturated rings. The van der Waals surface area contributed by atoms with Crippen LogP contribution >= 0.6 is 15.6 Å². The highest BCUT2D eigenvalue weighted by Crippen LogP contribution is 2.57. The highest BCUT2D eigenvalue weighted by Gasteiger charge is 2.45. The number of hydrogen-bond acceptors (Lipinski definition) is 15. The monoisotopic (exact) mass is 587 g/mol. The zero-order valence-corrected chi connectivity index (χ0v) is 22.0. The average molecular weight is 587 g/mol. The molecule has 216 valence electrons. The Bertz CT molecular complexity index is 1240. The van der Waals surface area contributed by atoms with Gasteiger partial charge in [0.25, 0.3) is 21.2 Å². The molecule has 5 N–H and O–H groups in total.